The van der Waals surface area contributed by atoms with E-state index in [9.17, 15) is 0 Å². The Kier molecular flexibility index (Phi) is 15.2. The lowest BCUT2D eigenvalue weighted by molar-refractivity contribution is 0.550. The van der Waals surface area contributed by atoms with Crippen molar-refractivity contribution in [3.05, 3.63) is 54.9 Å². The van der Waals surface area contributed by atoms with Gasteiger partial charge in [-0.1, -0.05) is 161 Å². The maximum Gasteiger partial charge on any atom is 0.0357 e. The predicted octanol–water partition coefficient (Wildman–Crippen LogP) is 15.6. The molecule has 0 nitrogen and oxygen atoms in total. The molecule has 2 aromatic heterocycles. The van der Waals surface area contributed by atoms with Crippen molar-refractivity contribution in [3.8, 4) is 0 Å². The summed E-state index contributed by atoms with van der Waals surface area (Å²) in [7, 11) is 0. The van der Waals surface area contributed by atoms with Gasteiger partial charge in [-0.15, -0.1) is 22.7 Å². The monoisotopic (exact) mass is 676 g/mol. The maximum absolute atomic E-state index is 2.58. The first-order chi connectivity index (χ1) is 22.6. The fourth-order valence-corrected chi connectivity index (χ4v) is 11.6. The molecule has 1 aromatic carbocycles. The van der Waals surface area contributed by atoms with Crippen molar-refractivity contribution in [1.82, 2.24) is 0 Å². The van der Waals surface area contributed by atoms with Gasteiger partial charge in [-0.25, -0.2) is 0 Å². The molecule has 0 amide bonds. The topological polar surface area (TPSA) is 0 Å². The molecule has 0 N–H and O–H groups in total. The Bertz CT molecular complexity index is 1360. The van der Waals surface area contributed by atoms with Crippen LogP contribution in [0.15, 0.2) is 34.1 Å². The molecule has 3 heteroatoms. The summed E-state index contributed by atoms with van der Waals surface area (Å²) in [6, 6.07) is 10.2. The molecule has 0 saturated carbocycles. The van der Waals surface area contributed by atoms with Crippen LogP contribution in [0.5, 0.6) is 0 Å². The summed E-state index contributed by atoms with van der Waals surface area (Å²) >= 11 is 6.20. The van der Waals surface area contributed by atoms with Crippen LogP contribution in [-0.4, -0.2) is 0 Å². The first-order valence-electron chi connectivity index (χ1n) is 19.7. The summed E-state index contributed by atoms with van der Waals surface area (Å²) in [6.45, 7) is 7.13. The smallest absolute Gasteiger partial charge is 0.0357 e. The van der Waals surface area contributed by atoms with E-state index in [0.717, 1.165) is 0 Å². The third kappa shape index (κ3) is 10.2. The molecule has 1 aliphatic carbocycles. The van der Waals surface area contributed by atoms with Gasteiger partial charge in [-0.2, -0.15) is 0 Å². The van der Waals surface area contributed by atoms with Crippen molar-refractivity contribution >= 4 is 50.6 Å². The summed E-state index contributed by atoms with van der Waals surface area (Å²) in [5.41, 5.74) is 3.33. The molecule has 0 spiro atoms. The van der Waals surface area contributed by atoms with Crippen LogP contribution < -0.4 is 0 Å². The van der Waals surface area contributed by atoms with Crippen molar-refractivity contribution in [1.29, 1.82) is 0 Å². The Morgan fingerprint density at radius 1 is 0.565 bits per heavy atom. The van der Waals surface area contributed by atoms with E-state index in [2.05, 4.69) is 85.5 Å². The minimum atomic E-state index is 0.147. The highest BCUT2D eigenvalue weighted by atomic mass is 32.2. The first kappa shape index (κ1) is 36.3. The van der Waals surface area contributed by atoms with E-state index >= 15 is 0 Å². The van der Waals surface area contributed by atoms with Gasteiger partial charge in [0, 0.05) is 34.5 Å². The molecule has 1 atom stereocenters. The van der Waals surface area contributed by atoms with Crippen LogP contribution in [0.1, 0.15) is 188 Å². The summed E-state index contributed by atoms with van der Waals surface area (Å²) in [4.78, 5) is 7.85. The quantitative estimate of drug-likeness (QED) is 0.0851. The Morgan fingerprint density at radius 3 is 1.61 bits per heavy atom. The van der Waals surface area contributed by atoms with Crippen LogP contribution in [0.4, 0.5) is 0 Å². The van der Waals surface area contributed by atoms with Crippen LogP contribution in [0, 0.1) is 0 Å². The zero-order valence-electron chi connectivity index (χ0n) is 29.8. The number of thioether (sulfide) groups is 1. The molecule has 0 radical (unpaired) electrons. The molecule has 2 aliphatic rings. The molecule has 3 aromatic rings. The van der Waals surface area contributed by atoms with Crippen LogP contribution in [0.3, 0.4) is 0 Å². The number of thiophene rings is 2. The third-order valence-electron chi connectivity index (χ3n) is 10.8. The lowest BCUT2D eigenvalue weighted by atomic mass is 9.74. The molecule has 0 bridgehead atoms. The second kappa shape index (κ2) is 19.2. The fraction of sp³-hybridized carbons (Fsp3) is 0.674. The van der Waals surface area contributed by atoms with Gasteiger partial charge >= 0.3 is 0 Å². The molecule has 1 unspecified atom stereocenters. The Balaban J connectivity index is 1.04. The molecule has 3 heterocycles. The molecular weight excluding hydrogens is 613 g/mol. The van der Waals surface area contributed by atoms with E-state index in [1.165, 1.54) is 176 Å². The first-order valence-corrected chi connectivity index (χ1v) is 22.1. The summed E-state index contributed by atoms with van der Waals surface area (Å²) in [5, 5.41) is 1.48. The average Bonchev–Trinajstić information content (AvgIpc) is 3.71. The van der Waals surface area contributed by atoms with Crippen LogP contribution in [0.25, 0.3) is 16.2 Å². The van der Waals surface area contributed by atoms with Gasteiger partial charge in [0.1, 0.15) is 0 Å². The van der Waals surface area contributed by atoms with Crippen LogP contribution in [0.2, 0.25) is 0 Å². The lowest BCUT2D eigenvalue weighted by Crippen LogP contribution is -2.25. The highest BCUT2D eigenvalue weighted by Gasteiger charge is 2.43. The molecule has 46 heavy (non-hydrogen) atoms. The standard InChI is InChI=1S/C43H64S3/c1-4-6-8-10-12-14-16-18-20-22-24-26-36-28-34-30-38-41(31-39(34)44-36)46-42-32-40-35(33-43(38,42)3)29-37(45-40)27-25-23-21-19-17-15-13-11-9-7-5-2/h28-32H,4-27,33H2,1-3H3. The van der Waals surface area contributed by atoms with Gasteiger partial charge in [0.2, 0.25) is 0 Å². The van der Waals surface area contributed by atoms with Gasteiger partial charge < -0.3 is 0 Å². The van der Waals surface area contributed by atoms with Gasteiger partial charge in [0.05, 0.1) is 0 Å². The van der Waals surface area contributed by atoms with E-state index in [4.69, 9.17) is 0 Å². The van der Waals surface area contributed by atoms with Crippen molar-refractivity contribution in [2.45, 2.75) is 192 Å². The average molecular weight is 677 g/mol. The highest BCUT2D eigenvalue weighted by molar-refractivity contribution is 8.03. The number of hydrogen-bond acceptors (Lipinski definition) is 3. The summed E-state index contributed by atoms with van der Waals surface area (Å²) in [6.07, 6.45) is 37.6. The summed E-state index contributed by atoms with van der Waals surface area (Å²) in [5.74, 6) is 0. The van der Waals surface area contributed by atoms with Gasteiger partial charge in [-0.3, -0.25) is 0 Å². The molecule has 0 saturated heterocycles. The lowest BCUT2D eigenvalue weighted by Gasteiger charge is -2.30. The molecule has 5 rings (SSSR count). The highest BCUT2D eigenvalue weighted by Crippen LogP contribution is 2.58. The fourth-order valence-electron chi connectivity index (χ4n) is 7.81. The minimum Gasteiger partial charge on any atom is -0.141 e. The number of aryl methyl sites for hydroxylation is 2. The van der Waals surface area contributed by atoms with Gasteiger partial charge in [-0.05, 0) is 79.0 Å². The van der Waals surface area contributed by atoms with Crippen molar-refractivity contribution in [2.24, 2.45) is 0 Å². The molecule has 0 fully saturated rings. The van der Waals surface area contributed by atoms with Crippen molar-refractivity contribution < 1.29 is 0 Å². The number of benzene rings is 1. The van der Waals surface area contributed by atoms with Crippen molar-refractivity contribution in [2.75, 3.05) is 0 Å². The van der Waals surface area contributed by atoms with E-state index in [1.54, 1.807) is 30.7 Å². The summed E-state index contributed by atoms with van der Waals surface area (Å²) < 4.78 is 1.50. The largest absolute Gasteiger partial charge is 0.141 e. The Hall–Kier alpha value is -1.03. The van der Waals surface area contributed by atoms with Crippen LogP contribution in [-0.2, 0) is 24.7 Å². The van der Waals surface area contributed by atoms with E-state index in [-0.39, 0.29) is 5.41 Å². The van der Waals surface area contributed by atoms with Gasteiger partial charge in [0.15, 0.2) is 0 Å². The second-order valence-electron chi connectivity index (χ2n) is 14.9. The zero-order chi connectivity index (χ0) is 32.0. The van der Waals surface area contributed by atoms with Crippen LogP contribution >= 0.6 is 34.4 Å². The second-order valence-corrected chi connectivity index (χ2v) is 18.3. The van der Waals surface area contributed by atoms with E-state index in [1.807, 2.05) is 0 Å². The molecular formula is C43H64S3. The normalized spacial score (nSPS) is 17.0. The zero-order valence-corrected chi connectivity index (χ0v) is 32.2. The molecule has 254 valence electrons. The molecule has 1 aliphatic heterocycles. The van der Waals surface area contributed by atoms with E-state index in [0.29, 0.717) is 0 Å². The number of rotatable bonds is 24. The number of allylic oxidation sites excluding steroid dienone is 1. The van der Waals surface area contributed by atoms with E-state index < -0.39 is 0 Å². The predicted molar refractivity (Wildman–Crippen MR) is 211 cm³/mol. The Morgan fingerprint density at radius 2 is 1.07 bits per heavy atom. The maximum atomic E-state index is 2.58. The number of hydrogen-bond donors (Lipinski definition) is 0. The third-order valence-corrected chi connectivity index (χ3v) is 14.5. The SMILES string of the molecule is CCCCCCCCCCCCCc1cc2c(s1)C=C1Sc3cc4sc(CCCCCCCCCCCCC)cc4cc3C1(C)C2. The number of fused-ring (bicyclic) bond motifs is 5. The minimum absolute atomic E-state index is 0.147. The Labute approximate surface area is 295 Å². The van der Waals surface area contributed by atoms with Crippen molar-refractivity contribution in [3.63, 3.8) is 0 Å². The van der Waals surface area contributed by atoms with Gasteiger partial charge in [0.25, 0.3) is 0 Å². The number of unbranched alkanes of at least 4 members (excludes halogenated alkanes) is 20.